The van der Waals surface area contributed by atoms with Crippen molar-refractivity contribution >= 4 is 34.2 Å². The third kappa shape index (κ3) is 4.14. The number of anilines is 1. The molecule has 12 heteroatoms. The summed E-state index contributed by atoms with van der Waals surface area (Å²) >= 11 is 0. The number of hydrogen-bond donors (Lipinski definition) is 1. The van der Waals surface area contributed by atoms with Gasteiger partial charge in [0.2, 0.25) is 11.9 Å². The molecule has 3 heterocycles. The first-order valence-corrected chi connectivity index (χ1v) is 9.65. The zero-order valence-electron chi connectivity index (χ0n) is 17.5. The fourth-order valence-corrected chi connectivity index (χ4v) is 3.30. The van der Waals surface area contributed by atoms with Crippen LogP contribution in [0.5, 0.6) is 0 Å². The minimum absolute atomic E-state index is 0.179. The van der Waals surface area contributed by atoms with E-state index in [-0.39, 0.29) is 23.8 Å². The van der Waals surface area contributed by atoms with Crippen molar-refractivity contribution < 1.29 is 22.8 Å². The minimum Gasteiger partial charge on any atom is -0.369 e. The maximum Gasteiger partial charge on any atom is 0.417 e. The van der Waals surface area contributed by atoms with Crippen molar-refractivity contribution in [2.75, 3.05) is 12.8 Å². The van der Waals surface area contributed by atoms with Gasteiger partial charge in [0.15, 0.2) is 0 Å². The van der Waals surface area contributed by atoms with Gasteiger partial charge in [-0.25, -0.2) is 15.0 Å². The Morgan fingerprint density at radius 2 is 1.91 bits per heavy atom. The lowest BCUT2D eigenvalue weighted by molar-refractivity contribution is -0.140. The number of aromatic nitrogens is 4. The molecule has 0 fully saturated rings. The molecule has 0 saturated carbocycles. The number of fused-ring (bicyclic) bond motifs is 3. The zero-order chi connectivity index (χ0) is 23.9. The maximum absolute atomic E-state index is 13.4. The van der Waals surface area contributed by atoms with E-state index in [1.807, 2.05) is 0 Å². The van der Waals surface area contributed by atoms with Crippen molar-refractivity contribution in [1.82, 2.24) is 29.4 Å². The number of hydrazine groups is 1. The molecule has 170 valence electrons. The lowest BCUT2D eigenvalue weighted by Gasteiger charge is -2.31. The highest BCUT2D eigenvalue weighted by Gasteiger charge is 2.31. The lowest BCUT2D eigenvalue weighted by atomic mass is 10.1. The third-order valence-electron chi connectivity index (χ3n) is 5.16. The second kappa shape index (κ2) is 8.04. The molecule has 0 aliphatic carbocycles. The summed E-state index contributed by atoms with van der Waals surface area (Å²) < 4.78 is 40.1. The topological polar surface area (TPSA) is 110 Å². The predicted molar refractivity (Wildman–Crippen MR) is 112 cm³/mol. The zero-order valence-corrected chi connectivity index (χ0v) is 17.5. The van der Waals surface area contributed by atoms with Crippen molar-refractivity contribution in [2.45, 2.75) is 19.6 Å². The van der Waals surface area contributed by atoms with E-state index < -0.39 is 23.6 Å². The number of rotatable bonds is 3. The molecule has 0 spiro atoms. The van der Waals surface area contributed by atoms with Crippen LogP contribution >= 0.6 is 0 Å². The van der Waals surface area contributed by atoms with Crippen LogP contribution in [-0.2, 0) is 17.5 Å². The van der Waals surface area contributed by atoms with E-state index in [1.165, 1.54) is 32.4 Å². The van der Waals surface area contributed by atoms with Gasteiger partial charge in [-0.1, -0.05) is 0 Å². The smallest absolute Gasteiger partial charge is 0.369 e. The number of alkyl halides is 3. The minimum atomic E-state index is -4.53. The standard InChI is InChI=1S/C21H18F3N7O2/c1-12(32)29(2)31(10-15-5-4-14(8-27-15)21(22,23)24)19(33)13-3-6-17-16(7-13)18-9-26-11-30(18)20(25)28-17/h3-9,11H,10H2,1-2H3,(H2,25,28). The van der Waals surface area contributed by atoms with Crippen LogP contribution < -0.4 is 5.73 Å². The fourth-order valence-electron chi connectivity index (χ4n) is 3.30. The molecule has 0 atom stereocenters. The summed E-state index contributed by atoms with van der Waals surface area (Å²) in [6, 6.07) is 6.79. The normalized spacial score (nSPS) is 11.7. The second-order valence-electron chi connectivity index (χ2n) is 7.29. The van der Waals surface area contributed by atoms with Crippen LogP contribution in [0.1, 0.15) is 28.5 Å². The Morgan fingerprint density at radius 3 is 2.55 bits per heavy atom. The van der Waals surface area contributed by atoms with Gasteiger partial charge >= 0.3 is 6.18 Å². The SMILES string of the molecule is CC(=O)N(C)N(Cc1ccc(C(F)(F)F)cn1)C(=O)c1ccc2nc(N)n3cncc3c2c1. The highest BCUT2D eigenvalue weighted by Crippen LogP contribution is 2.28. The fraction of sp³-hybridized carbons (Fsp3) is 0.190. The highest BCUT2D eigenvalue weighted by atomic mass is 19.4. The van der Waals surface area contributed by atoms with Gasteiger partial charge in [0.05, 0.1) is 35.0 Å². The van der Waals surface area contributed by atoms with Gasteiger partial charge < -0.3 is 5.73 Å². The molecule has 0 aliphatic rings. The van der Waals surface area contributed by atoms with Crippen LogP contribution in [-0.4, -0.2) is 48.2 Å². The van der Waals surface area contributed by atoms with Gasteiger partial charge in [-0.15, -0.1) is 0 Å². The number of nitrogens with two attached hydrogens (primary N) is 1. The second-order valence-corrected chi connectivity index (χ2v) is 7.29. The van der Waals surface area contributed by atoms with Gasteiger partial charge in [-0.2, -0.15) is 13.2 Å². The summed E-state index contributed by atoms with van der Waals surface area (Å²) in [7, 11) is 1.39. The Kier molecular flexibility index (Phi) is 5.36. The van der Waals surface area contributed by atoms with Gasteiger partial charge in [-0.3, -0.25) is 24.0 Å². The highest BCUT2D eigenvalue weighted by molar-refractivity contribution is 6.02. The van der Waals surface area contributed by atoms with Gasteiger partial charge in [0.1, 0.15) is 6.33 Å². The van der Waals surface area contributed by atoms with E-state index in [0.717, 1.165) is 16.1 Å². The van der Waals surface area contributed by atoms with Crippen molar-refractivity contribution in [3.05, 3.63) is 65.9 Å². The lowest BCUT2D eigenvalue weighted by Crippen LogP contribution is -2.46. The summed E-state index contributed by atoms with van der Waals surface area (Å²) in [4.78, 5) is 37.5. The molecule has 4 aromatic rings. The van der Waals surface area contributed by atoms with E-state index >= 15 is 0 Å². The van der Waals surface area contributed by atoms with Crippen molar-refractivity contribution in [1.29, 1.82) is 0 Å². The van der Waals surface area contributed by atoms with E-state index in [4.69, 9.17) is 5.73 Å². The van der Waals surface area contributed by atoms with Crippen molar-refractivity contribution in [3.8, 4) is 0 Å². The summed E-state index contributed by atoms with van der Waals surface area (Å²) in [5, 5.41) is 2.81. The summed E-state index contributed by atoms with van der Waals surface area (Å²) in [6.07, 6.45) is -0.759. The van der Waals surface area contributed by atoms with Gasteiger partial charge in [-0.05, 0) is 30.3 Å². The van der Waals surface area contributed by atoms with Crippen LogP contribution in [0.4, 0.5) is 19.1 Å². The quantitative estimate of drug-likeness (QED) is 0.474. The van der Waals surface area contributed by atoms with Crippen molar-refractivity contribution in [3.63, 3.8) is 0 Å². The average molecular weight is 457 g/mol. The molecule has 2 N–H and O–H groups in total. The summed E-state index contributed by atoms with van der Waals surface area (Å²) in [6.45, 7) is 1.05. The number of nitrogen functional groups attached to an aromatic ring is 1. The van der Waals surface area contributed by atoms with E-state index in [9.17, 15) is 22.8 Å². The molecule has 0 saturated heterocycles. The molecule has 9 nitrogen and oxygen atoms in total. The largest absolute Gasteiger partial charge is 0.417 e. The number of nitrogens with zero attached hydrogens (tertiary/aromatic N) is 6. The first-order chi connectivity index (χ1) is 15.6. The molecule has 0 unspecified atom stereocenters. The maximum atomic E-state index is 13.4. The number of imidazole rings is 1. The number of pyridine rings is 1. The van der Waals surface area contributed by atoms with Crippen LogP contribution in [0, 0.1) is 0 Å². The van der Waals surface area contributed by atoms with Crippen LogP contribution in [0.2, 0.25) is 0 Å². The number of carbonyl (C=O) groups is 2. The molecule has 3 aromatic heterocycles. The first-order valence-electron chi connectivity index (χ1n) is 9.65. The van der Waals surface area contributed by atoms with Crippen LogP contribution in [0.15, 0.2) is 49.1 Å². The molecular formula is C21H18F3N7O2. The number of hydrogen-bond acceptors (Lipinski definition) is 6. The third-order valence-corrected chi connectivity index (χ3v) is 5.16. The predicted octanol–water partition coefficient (Wildman–Crippen LogP) is 2.91. The first kappa shape index (κ1) is 22.0. The Morgan fingerprint density at radius 1 is 1.15 bits per heavy atom. The summed E-state index contributed by atoms with van der Waals surface area (Å²) in [5.74, 6) is -0.755. The van der Waals surface area contributed by atoms with Gasteiger partial charge in [0.25, 0.3) is 5.91 Å². The van der Waals surface area contributed by atoms with Crippen LogP contribution in [0.3, 0.4) is 0 Å². The number of benzene rings is 1. The molecule has 0 radical (unpaired) electrons. The number of carbonyl (C=O) groups excluding carboxylic acids is 2. The van der Waals surface area contributed by atoms with E-state index in [2.05, 4.69) is 15.0 Å². The Hall–Kier alpha value is -4.22. The van der Waals surface area contributed by atoms with Crippen molar-refractivity contribution in [2.24, 2.45) is 0 Å². The van der Waals surface area contributed by atoms with E-state index in [0.29, 0.717) is 22.6 Å². The number of halogens is 3. The Balaban J connectivity index is 1.71. The monoisotopic (exact) mass is 457 g/mol. The molecule has 0 bridgehead atoms. The van der Waals surface area contributed by atoms with E-state index in [1.54, 1.807) is 22.7 Å². The number of amides is 2. The molecule has 2 amide bonds. The summed E-state index contributed by atoms with van der Waals surface area (Å²) in [5.41, 5.74) is 6.62. The molecule has 0 aliphatic heterocycles. The Bertz CT molecular complexity index is 1370. The molecule has 4 rings (SSSR count). The average Bonchev–Trinajstić information content (AvgIpc) is 3.27. The molecular weight excluding hydrogens is 439 g/mol. The molecule has 33 heavy (non-hydrogen) atoms. The van der Waals surface area contributed by atoms with Gasteiger partial charge in [0, 0.05) is 31.1 Å². The van der Waals surface area contributed by atoms with Crippen LogP contribution in [0.25, 0.3) is 16.4 Å². The molecule has 1 aromatic carbocycles. The Labute approximate surface area is 185 Å².